The monoisotopic (exact) mass is 339 g/mol. The second-order valence-corrected chi connectivity index (χ2v) is 6.20. The van der Waals surface area contributed by atoms with Crippen LogP contribution in [-0.4, -0.2) is 30.5 Å². The first-order valence-electron chi connectivity index (χ1n) is 8.17. The van der Waals surface area contributed by atoms with E-state index in [1.807, 2.05) is 32.0 Å². The Bertz CT molecular complexity index is 802. The van der Waals surface area contributed by atoms with Crippen molar-refractivity contribution in [2.75, 3.05) is 23.9 Å². The molecule has 0 saturated carbocycles. The zero-order valence-corrected chi connectivity index (χ0v) is 14.6. The number of rotatable bonds is 4. The van der Waals surface area contributed by atoms with Crippen molar-refractivity contribution in [2.45, 2.75) is 20.3 Å². The number of methoxy groups -OCH3 is 1. The van der Waals surface area contributed by atoms with Crippen LogP contribution >= 0.6 is 0 Å². The van der Waals surface area contributed by atoms with Gasteiger partial charge >= 0.3 is 0 Å². The maximum Gasteiger partial charge on any atom is 0.229 e. The molecule has 1 fully saturated rings. The normalized spacial score (nSPS) is 16.8. The summed E-state index contributed by atoms with van der Waals surface area (Å²) in [5.41, 5.74) is 3.66. The first-order chi connectivity index (χ1) is 12.0. The largest absolute Gasteiger partial charge is 0.481 e. The summed E-state index contributed by atoms with van der Waals surface area (Å²) in [7, 11) is 1.53. The lowest BCUT2D eigenvalue weighted by molar-refractivity contribution is -0.122. The average Bonchev–Trinajstić information content (AvgIpc) is 3.00. The Labute approximate surface area is 146 Å². The number of nitrogens with one attached hydrogen (secondary N) is 1. The van der Waals surface area contributed by atoms with Crippen molar-refractivity contribution in [3.63, 3.8) is 0 Å². The molecule has 1 saturated heterocycles. The summed E-state index contributed by atoms with van der Waals surface area (Å²) in [6.07, 6.45) is 1.75. The third-order valence-electron chi connectivity index (χ3n) is 4.58. The summed E-state index contributed by atoms with van der Waals surface area (Å²) in [4.78, 5) is 30.7. The van der Waals surface area contributed by atoms with Gasteiger partial charge in [-0.2, -0.15) is 0 Å². The van der Waals surface area contributed by atoms with Crippen molar-refractivity contribution in [1.29, 1.82) is 0 Å². The lowest BCUT2D eigenvalue weighted by atomic mass is 10.1. The van der Waals surface area contributed by atoms with Gasteiger partial charge in [0.2, 0.25) is 17.7 Å². The molecule has 0 aliphatic carbocycles. The van der Waals surface area contributed by atoms with Gasteiger partial charge in [-0.1, -0.05) is 12.1 Å². The molecular weight excluding hydrogens is 318 g/mol. The van der Waals surface area contributed by atoms with Crippen LogP contribution in [0.15, 0.2) is 36.5 Å². The molecule has 2 aromatic rings. The minimum Gasteiger partial charge on any atom is -0.481 e. The third-order valence-corrected chi connectivity index (χ3v) is 4.58. The molecule has 6 nitrogen and oxygen atoms in total. The minimum atomic E-state index is -0.380. The van der Waals surface area contributed by atoms with Crippen molar-refractivity contribution in [1.82, 2.24) is 4.98 Å². The van der Waals surface area contributed by atoms with Crippen molar-refractivity contribution in [2.24, 2.45) is 5.92 Å². The van der Waals surface area contributed by atoms with Gasteiger partial charge in [0, 0.05) is 24.7 Å². The predicted molar refractivity (Wildman–Crippen MR) is 95.8 cm³/mol. The van der Waals surface area contributed by atoms with E-state index in [9.17, 15) is 9.59 Å². The first-order valence-corrected chi connectivity index (χ1v) is 8.17. The fourth-order valence-electron chi connectivity index (χ4n) is 2.96. The number of anilines is 2. The summed E-state index contributed by atoms with van der Waals surface area (Å²) < 4.78 is 5.00. The van der Waals surface area contributed by atoms with Crippen LogP contribution in [0.4, 0.5) is 11.4 Å². The second-order valence-electron chi connectivity index (χ2n) is 6.20. The number of aryl methyl sites for hydroxylation is 1. The lowest BCUT2D eigenvalue weighted by Crippen LogP contribution is -2.28. The highest BCUT2D eigenvalue weighted by Gasteiger charge is 2.35. The molecule has 1 aromatic heterocycles. The fraction of sp³-hybridized carbons (Fsp3) is 0.316. The number of carbonyl (C=O) groups is 2. The zero-order chi connectivity index (χ0) is 18.0. The number of benzene rings is 1. The van der Waals surface area contributed by atoms with Crippen LogP contribution in [0, 0.1) is 19.8 Å². The molecule has 1 aromatic carbocycles. The van der Waals surface area contributed by atoms with Gasteiger partial charge < -0.3 is 15.0 Å². The molecule has 1 aliphatic heterocycles. The Morgan fingerprint density at radius 3 is 2.76 bits per heavy atom. The van der Waals surface area contributed by atoms with Gasteiger partial charge in [0.05, 0.1) is 24.9 Å². The highest BCUT2D eigenvalue weighted by Crippen LogP contribution is 2.30. The van der Waals surface area contributed by atoms with Crippen LogP contribution in [0.3, 0.4) is 0 Å². The quantitative estimate of drug-likeness (QED) is 0.930. The molecule has 0 spiro atoms. The van der Waals surface area contributed by atoms with E-state index in [1.165, 1.54) is 13.3 Å². The van der Waals surface area contributed by atoms with Gasteiger partial charge in [-0.3, -0.25) is 9.59 Å². The van der Waals surface area contributed by atoms with Gasteiger partial charge in [0.15, 0.2) is 0 Å². The molecule has 2 heterocycles. The van der Waals surface area contributed by atoms with Crippen LogP contribution < -0.4 is 15.0 Å². The van der Waals surface area contributed by atoms with Crippen molar-refractivity contribution in [3.05, 3.63) is 47.7 Å². The molecule has 0 bridgehead atoms. The summed E-state index contributed by atoms with van der Waals surface area (Å²) >= 11 is 0. The van der Waals surface area contributed by atoms with Crippen LogP contribution in [0.2, 0.25) is 0 Å². The average molecular weight is 339 g/mol. The molecule has 2 amide bonds. The summed E-state index contributed by atoms with van der Waals surface area (Å²) in [6.45, 7) is 4.40. The van der Waals surface area contributed by atoms with E-state index in [0.29, 0.717) is 18.1 Å². The molecule has 6 heteroatoms. The Kier molecular flexibility index (Phi) is 4.70. The standard InChI is InChI=1S/C19H21N3O3/c1-12-5-4-6-16(13(12)2)22-11-14(9-18(22)23)19(24)21-15-7-8-17(25-3)20-10-15/h4-8,10,14H,9,11H2,1-3H3,(H,21,24). The number of amides is 2. The van der Waals surface area contributed by atoms with Crippen LogP contribution in [0.1, 0.15) is 17.5 Å². The highest BCUT2D eigenvalue weighted by atomic mass is 16.5. The SMILES string of the molecule is COc1ccc(NC(=O)C2CC(=O)N(c3cccc(C)c3C)C2)cn1. The number of nitrogens with zero attached hydrogens (tertiary/aromatic N) is 2. The van der Waals surface area contributed by atoms with E-state index >= 15 is 0 Å². The molecule has 1 aliphatic rings. The fourth-order valence-corrected chi connectivity index (χ4v) is 2.96. The summed E-state index contributed by atoms with van der Waals surface area (Å²) in [5, 5.41) is 2.82. The van der Waals surface area contributed by atoms with E-state index in [4.69, 9.17) is 4.74 Å². The van der Waals surface area contributed by atoms with Crippen molar-refractivity contribution >= 4 is 23.2 Å². The van der Waals surface area contributed by atoms with E-state index in [1.54, 1.807) is 17.0 Å². The smallest absolute Gasteiger partial charge is 0.229 e. The van der Waals surface area contributed by atoms with Gasteiger partial charge in [-0.05, 0) is 37.1 Å². The zero-order valence-electron chi connectivity index (χ0n) is 14.6. The maximum absolute atomic E-state index is 12.5. The van der Waals surface area contributed by atoms with Crippen molar-refractivity contribution < 1.29 is 14.3 Å². The van der Waals surface area contributed by atoms with E-state index in [2.05, 4.69) is 10.3 Å². The summed E-state index contributed by atoms with van der Waals surface area (Å²) in [5.74, 6) is -0.0977. The lowest BCUT2D eigenvalue weighted by Gasteiger charge is -2.20. The Balaban J connectivity index is 1.71. The van der Waals surface area contributed by atoms with Gasteiger partial charge in [-0.25, -0.2) is 4.98 Å². The molecular formula is C19H21N3O3. The van der Waals surface area contributed by atoms with E-state index in [0.717, 1.165) is 16.8 Å². The molecule has 1 N–H and O–H groups in total. The molecule has 25 heavy (non-hydrogen) atoms. The molecule has 1 atom stereocenters. The Morgan fingerprint density at radius 2 is 2.08 bits per heavy atom. The van der Waals surface area contributed by atoms with Crippen molar-refractivity contribution in [3.8, 4) is 5.88 Å². The van der Waals surface area contributed by atoms with Gasteiger partial charge in [-0.15, -0.1) is 0 Å². The topological polar surface area (TPSA) is 71.5 Å². The van der Waals surface area contributed by atoms with Crippen LogP contribution in [-0.2, 0) is 9.59 Å². The second kappa shape index (κ2) is 6.93. The molecule has 0 radical (unpaired) electrons. The van der Waals surface area contributed by atoms with Gasteiger partial charge in [0.25, 0.3) is 0 Å². The van der Waals surface area contributed by atoms with E-state index in [-0.39, 0.29) is 24.2 Å². The van der Waals surface area contributed by atoms with Crippen LogP contribution in [0.5, 0.6) is 5.88 Å². The number of carbonyl (C=O) groups excluding carboxylic acids is 2. The maximum atomic E-state index is 12.5. The third kappa shape index (κ3) is 3.47. The molecule has 1 unspecified atom stereocenters. The first kappa shape index (κ1) is 17.0. The number of hydrogen-bond acceptors (Lipinski definition) is 4. The number of ether oxygens (including phenoxy) is 1. The minimum absolute atomic E-state index is 0.0262. The van der Waals surface area contributed by atoms with Gasteiger partial charge in [0.1, 0.15) is 0 Å². The van der Waals surface area contributed by atoms with E-state index < -0.39 is 0 Å². The predicted octanol–water partition coefficient (Wildman–Crippen LogP) is 2.70. The van der Waals surface area contributed by atoms with Crippen LogP contribution in [0.25, 0.3) is 0 Å². The Morgan fingerprint density at radius 1 is 1.28 bits per heavy atom. The number of pyridine rings is 1. The summed E-state index contributed by atoms with van der Waals surface area (Å²) in [6, 6.07) is 9.27. The Hall–Kier alpha value is -2.89. The number of hydrogen-bond donors (Lipinski definition) is 1. The molecule has 3 rings (SSSR count). The number of aromatic nitrogens is 1. The highest BCUT2D eigenvalue weighted by molar-refractivity contribution is 6.03. The molecule has 130 valence electrons.